The van der Waals surface area contributed by atoms with Crippen LogP contribution in [0.3, 0.4) is 0 Å². The number of H-pyrrole nitrogens is 1. The molecule has 1 amide bonds. The van der Waals surface area contributed by atoms with E-state index in [1.807, 2.05) is 30.3 Å². The highest BCUT2D eigenvalue weighted by atomic mass is 35.5. The Bertz CT molecular complexity index is 1330. The van der Waals surface area contributed by atoms with Gasteiger partial charge in [0.25, 0.3) is 5.91 Å². The highest BCUT2D eigenvalue weighted by molar-refractivity contribution is 6.31. The summed E-state index contributed by atoms with van der Waals surface area (Å²) >= 11 is 6.20. The molecule has 0 saturated heterocycles. The monoisotopic (exact) mass is 461 g/mol. The van der Waals surface area contributed by atoms with Gasteiger partial charge in [-0.15, -0.1) is 0 Å². The average Bonchev–Trinajstić information content (AvgIpc) is 3.54. The summed E-state index contributed by atoms with van der Waals surface area (Å²) in [4.78, 5) is 15.1. The summed E-state index contributed by atoms with van der Waals surface area (Å²) in [7, 11) is 0. The predicted molar refractivity (Wildman–Crippen MR) is 123 cm³/mol. The lowest BCUT2D eigenvalue weighted by molar-refractivity contribution is 0.0716. The second kappa shape index (κ2) is 8.52. The summed E-state index contributed by atoms with van der Waals surface area (Å²) in [6.07, 6.45) is 3.24. The molecule has 2 aromatic carbocycles. The largest absolute Gasteiger partial charge is 0.507 e. The fourth-order valence-electron chi connectivity index (χ4n) is 4.11. The molecule has 1 aliphatic rings. The van der Waals surface area contributed by atoms with E-state index in [0.29, 0.717) is 45.7 Å². The minimum atomic E-state index is -0.489. The number of aromatic hydroxyl groups is 1. The van der Waals surface area contributed by atoms with E-state index in [0.717, 1.165) is 5.56 Å². The van der Waals surface area contributed by atoms with E-state index in [2.05, 4.69) is 16.8 Å². The quantitative estimate of drug-likeness (QED) is 0.362. The number of furan rings is 1. The molecule has 8 heteroatoms. The van der Waals surface area contributed by atoms with Crippen LogP contribution >= 0.6 is 11.6 Å². The fourth-order valence-corrected chi connectivity index (χ4v) is 4.28. The summed E-state index contributed by atoms with van der Waals surface area (Å²) in [6.45, 7) is 4.31. The minimum absolute atomic E-state index is 0.0208. The molecule has 2 N–H and O–H groups in total. The number of amides is 1. The lowest BCUT2D eigenvalue weighted by Gasteiger charge is -2.26. The molecule has 1 atom stereocenters. The van der Waals surface area contributed by atoms with Crippen molar-refractivity contribution in [3.63, 3.8) is 0 Å². The SMILES string of the molecule is C=CCOc1cccc(C2c3c(-c4cc(Cl)ccc4O)n[nH]c3C(=O)N2Cc2ccco2)c1. The second-order valence-electron chi connectivity index (χ2n) is 7.61. The molecule has 5 rings (SSSR count). The third-order valence-electron chi connectivity index (χ3n) is 5.53. The summed E-state index contributed by atoms with van der Waals surface area (Å²) in [5, 5.41) is 18.2. The van der Waals surface area contributed by atoms with Gasteiger partial charge in [0, 0.05) is 16.1 Å². The van der Waals surface area contributed by atoms with Gasteiger partial charge < -0.3 is 19.2 Å². The summed E-state index contributed by atoms with van der Waals surface area (Å²) in [6, 6.07) is 15.4. The number of nitrogens with zero attached hydrogens (tertiary/aromatic N) is 2. The van der Waals surface area contributed by atoms with Crippen molar-refractivity contribution in [1.29, 1.82) is 0 Å². The summed E-state index contributed by atoms with van der Waals surface area (Å²) in [5.41, 5.74) is 2.75. The average molecular weight is 462 g/mol. The molecular formula is C25H20ClN3O4. The second-order valence-corrected chi connectivity index (χ2v) is 8.05. The van der Waals surface area contributed by atoms with Gasteiger partial charge in [-0.2, -0.15) is 5.10 Å². The molecule has 1 aliphatic heterocycles. The Hall–Kier alpha value is -3.97. The van der Waals surface area contributed by atoms with Crippen LogP contribution < -0.4 is 4.74 Å². The van der Waals surface area contributed by atoms with Crippen molar-refractivity contribution in [3.05, 3.63) is 101 Å². The third kappa shape index (κ3) is 3.76. The topological polar surface area (TPSA) is 91.6 Å². The fraction of sp³-hybridized carbons (Fsp3) is 0.120. The summed E-state index contributed by atoms with van der Waals surface area (Å²) < 4.78 is 11.2. The third-order valence-corrected chi connectivity index (χ3v) is 5.76. The zero-order valence-corrected chi connectivity index (χ0v) is 18.2. The molecule has 0 radical (unpaired) electrons. The maximum absolute atomic E-state index is 13.4. The smallest absolute Gasteiger partial charge is 0.273 e. The van der Waals surface area contributed by atoms with Gasteiger partial charge in [0.05, 0.1) is 18.8 Å². The van der Waals surface area contributed by atoms with Crippen LogP contribution in [0.25, 0.3) is 11.3 Å². The number of aromatic nitrogens is 2. The van der Waals surface area contributed by atoms with Gasteiger partial charge in [0.15, 0.2) is 0 Å². The van der Waals surface area contributed by atoms with Gasteiger partial charge in [0.2, 0.25) is 0 Å². The molecule has 0 fully saturated rings. The minimum Gasteiger partial charge on any atom is -0.507 e. The van der Waals surface area contributed by atoms with Crippen LogP contribution in [0.5, 0.6) is 11.5 Å². The predicted octanol–water partition coefficient (Wildman–Crippen LogP) is 5.34. The van der Waals surface area contributed by atoms with Crippen molar-refractivity contribution in [3.8, 4) is 22.8 Å². The first-order valence-electron chi connectivity index (χ1n) is 10.3. The zero-order valence-electron chi connectivity index (χ0n) is 17.5. The number of phenolic OH excluding ortho intramolecular Hbond substituents is 1. The molecule has 33 heavy (non-hydrogen) atoms. The van der Waals surface area contributed by atoms with E-state index in [1.54, 1.807) is 35.4 Å². The molecule has 0 bridgehead atoms. The Kier molecular flexibility index (Phi) is 5.40. The number of hydrogen-bond acceptors (Lipinski definition) is 5. The Morgan fingerprint density at radius 3 is 2.91 bits per heavy atom. The van der Waals surface area contributed by atoms with E-state index >= 15 is 0 Å². The number of rotatable bonds is 7. The molecule has 3 heterocycles. The Morgan fingerprint density at radius 2 is 2.12 bits per heavy atom. The van der Waals surface area contributed by atoms with Gasteiger partial charge >= 0.3 is 0 Å². The maximum Gasteiger partial charge on any atom is 0.273 e. The molecule has 4 aromatic rings. The van der Waals surface area contributed by atoms with Crippen LogP contribution in [-0.2, 0) is 6.54 Å². The number of carbonyl (C=O) groups excluding carboxylic acids is 1. The van der Waals surface area contributed by atoms with Gasteiger partial charge in [0.1, 0.15) is 35.3 Å². The zero-order chi connectivity index (χ0) is 22.9. The van der Waals surface area contributed by atoms with Gasteiger partial charge in [-0.3, -0.25) is 9.89 Å². The molecular weight excluding hydrogens is 442 g/mol. The van der Waals surface area contributed by atoms with E-state index in [9.17, 15) is 9.90 Å². The lowest BCUT2D eigenvalue weighted by Crippen LogP contribution is -2.29. The van der Waals surface area contributed by atoms with Crippen LogP contribution in [0.4, 0.5) is 0 Å². The first kappa shape index (κ1) is 20.9. The molecule has 7 nitrogen and oxygen atoms in total. The van der Waals surface area contributed by atoms with Crippen molar-refractivity contribution < 1.29 is 19.1 Å². The van der Waals surface area contributed by atoms with E-state index in [4.69, 9.17) is 20.8 Å². The van der Waals surface area contributed by atoms with E-state index in [1.165, 1.54) is 6.07 Å². The number of aromatic amines is 1. The van der Waals surface area contributed by atoms with Crippen molar-refractivity contribution in [2.75, 3.05) is 6.61 Å². The van der Waals surface area contributed by atoms with Gasteiger partial charge in [-0.25, -0.2) is 0 Å². The molecule has 0 aliphatic carbocycles. The van der Waals surface area contributed by atoms with Crippen molar-refractivity contribution in [2.24, 2.45) is 0 Å². The first-order valence-corrected chi connectivity index (χ1v) is 10.7. The Balaban J connectivity index is 1.66. The number of ether oxygens (including phenoxy) is 1. The highest BCUT2D eigenvalue weighted by Crippen LogP contribution is 2.46. The number of phenols is 1. The number of benzene rings is 2. The van der Waals surface area contributed by atoms with E-state index < -0.39 is 6.04 Å². The number of hydrogen-bond donors (Lipinski definition) is 2. The van der Waals surface area contributed by atoms with E-state index in [-0.39, 0.29) is 18.2 Å². The van der Waals surface area contributed by atoms with Crippen LogP contribution in [-0.4, -0.2) is 32.7 Å². The maximum atomic E-state index is 13.4. The van der Waals surface area contributed by atoms with Crippen LogP contribution in [0.1, 0.15) is 33.4 Å². The standard InChI is InChI=1S/C25H20ClN3O4/c1-2-10-32-17-6-3-5-15(12-17)24-21-22(19-13-16(26)8-9-20(19)30)27-28-23(21)25(31)29(24)14-18-7-4-11-33-18/h2-9,11-13,24,30H,1,10,14H2,(H,27,28). The number of halogens is 1. The van der Waals surface area contributed by atoms with Crippen molar-refractivity contribution >= 4 is 17.5 Å². The molecule has 2 aromatic heterocycles. The Morgan fingerprint density at radius 1 is 1.24 bits per heavy atom. The van der Waals surface area contributed by atoms with Crippen LogP contribution in [0, 0.1) is 0 Å². The lowest BCUT2D eigenvalue weighted by atomic mass is 9.95. The number of nitrogens with one attached hydrogen (secondary N) is 1. The normalized spacial score (nSPS) is 15.0. The first-order chi connectivity index (χ1) is 16.1. The number of carbonyl (C=O) groups is 1. The highest BCUT2D eigenvalue weighted by Gasteiger charge is 2.43. The molecule has 1 unspecified atom stereocenters. The van der Waals surface area contributed by atoms with Crippen molar-refractivity contribution in [2.45, 2.75) is 12.6 Å². The molecule has 0 spiro atoms. The molecule has 0 saturated carbocycles. The van der Waals surface area contributed by atoms with Crippen LogP contribution in [0.2, 0.25) is 5.02 Å². The number of fused-ring (bicyclic) bond motifs is 1. The molecule has 166 valence electrons. The van der Waals surface area contributed by atoms with Gasteiger partial charge in [-0.05, 0) is 48.0 Å². The van der Waals surface area contributed by atoms with Gasteiger partial charge in [-0.1, -0.05) is 36.4 Å². The van der Waals surface area contributed by atoms with Crippen molar-refractivity contribution in [1.82, 2.24) is 15.1 Å². The Labute approximate surface area is 194 Å². The van der Waals surface area contributed by atoms with Crippen LogP contribution in [0.15, 0.2) is 77.9 Å². The summed E-state index contributed by atoms with van der Waals surface area (Å²) in [5.74, 6) is 1.11.